The molecule has 0 spiro atoms. The Hall–Kier alpha value is -1.42. The predicted molar refractivity (Wildman–Crippen MR) is 72.3 cm³/mol. The van der Waals surface area contributed by atoms with Crippen LogP contribution in [-0.2, 0) is 0 Å². The first-order chi connectivity index (χ1) is 8.18. The minimum Gasteiger partial charge on any atom is -0.361 e. The van der Waals surface area contributed by atoms with Gasteiger partial charge in [0.1, 0.15) is 5.82 Å². The van der Waals surface area contributed by atoms with Crippen molar-refractivity contribution in [2.75, 3.05) is 5.32 Å². The van der Waals surface area contributed by atoms with E-state index in [1.807, 2.05) is 6.92 Å². The number of aromatic nitrogens is 2. The van der Waals surface area contributed by atoms with Crippen LogP contribution in [-0.4, -0.2) is 9.97 Å². The molecule has 2 aromatic rings. The average molecular weight is 247 g/mol. The van der Waals surface area contributed by atoms with Crippen LogP contribution in [0, 0.1) is 12.8 Å². The van der Waals surface area contributed by atoms with E-state index in [4.69, 9.17) is 0 Å². The summed E-state index contributed by atoms with van der Waals surface area (Å²) >= 11 is 1.77. The second-order valence-electron chi connectivity index (χ2n) is 4.37. The molecule has 2 rings (SSSR count). The number of hydrogen-bond donors (Lipinski definition) is 1. The number of anilines is 1. The van der Waals surface area contributed by atoms with E-state index in [-0.39, 0.29) is 0 Å². The fourth-order valence-corrected chi connectivity index (χ4v) is 2.68. The van der Waals surface area contributed by atoms with Gasteiger partial charge in [-0.15, -0.1) is 11.3 Å². The molecule has 0 bridgehead atoms. The van der Waals surface area contributed by atoms with Gasteiger partial charge in [0.25, 0.3) is 0 Å². The largest absolute Gasteiger partial charge is 0.361 e. The minimum absolute atomic E-state index is 0.297. The van der Waals surface area contributed by atoms with Crippen molar-refractivity contribution in [3.8, 4) is 0 Å². The fraction of sp³-hybridized carbons (Fsp3) is 0.385. The van der Waals surface area contributed by atoms with Crippen LogP contribution in [0.1, 0.15) is 30.5 Å². The van der Waals surface area contributed by atoms with Crippen LogP contribution in [0.2, 0.25) is 0 Å². The third kappa shape index (κ3) is 2.82. The van der Waals surface area contributed by atoms with Crippen LogP contribution >= 0.6 is 11.3 Å². The van der Waals surface area contributed by atoms with Gasteiger partial charge < -0.3 is 5.32 Å². The topological polar surface area (TPSA) is 37.8 Å². The smallest absolute Gasteiger partial charge is 0.147 e. The fourth-order valence-electron chi connectivity index (χ4n) is 1.73. The Morgan fingerprint density at radius 3 is 2.59 bits per heavy atom. The van der Waals surface area contributed by atoms with Crippen molar-refractivity contribution in [3.63, 3.8) is 0 Å². The van der Waals surface area contributed by atoms with E-state index in [1.165, 1.54) is 4.88 Å². The molecule has 2 aromatic heterocycles. The van der Waals surface area contributed by atoms with Gasteiger partial charge in [0, 0.05) is 17.3 Å². The van der Waals surface area contributed by atoms with Crippen LogP contribution < -0.4 is 5.32 Å². The van der Waals surface area contributed by atoms with Crippen molar-refractivity contribution >= 4 is 17.2 Å². The molecule has 0 aliphatic carbocycles. The van der Waals surface area contributed by atoms with Crippen molar-refractivity contribution in [3.05, 3.63) is 40.5 Å². The number of rotatable bonds is 4. The Bertz CT molecular complexity index is 465. The molecule has 0 radical (unpaired) electrons. The summed E-state index contributed by atoms with van der Waals surface area (Å²) in [4.78, 5) is 9.93. The van der Waals surface area contributed by atoms with Gasteiger partial charge in [-0.25, -0.2) is 4.98 Å². The predicted octanol–water partition coefficient (Wildman–Crippen LogP) is 3.66. The lowest BCUT2D eigenvalue weighted by atomic mass is 10.0. The molecule has 0 saturated heterocycles. The molecule has 0 aromatic carbocycles. The maximum Gasteiger partial charge on any atom is 0.147 e. The number of hydrogen-bond acceptors (Lipinski definition) is 4. The summed E-state index contributed by atoms with van der Waals surface area (Å²) < 4.78 is 0. The molecule has 2 heterocycles. The van der Waals surface area contributed by atoms with Crippen LogP contribution in [0.15, 0.2) is 29.9 Å². The molecule has 0 amide bonds. The molecule has 1 N–H and O–H groups in total. The van der Waals surface area contributed by atoms with Crippen LogP contribution in [0.25, 0.3) is 0 Å². The molecule has 0 aliphatic rings. The minimum atomic E-state index is 0.297. The summed E-state index contributed by atoms with van der Waals surface area (Å²) in [6, 6.07) is 4.54. The molecular formula is C13H17N3S. The van der Waals surface area contributed by atoms with Crippen molar-refractivity contribution in [2.24, 2.45) is 5.92 Å². The van der Waals surface area contributed by atoms with E-state index in [1.54, 1.807) is 23.7 Å². The quantitative estimate of drug-likeness (QED) is 0.896. The average Bonchev–Trinajstić information content (AvgIpc) is 2.81. The molecule has 1 atom stereocenters. The van der Waals surface area contributed by atoms with Crippen LogP contribution in [0.3, 0.4) is 0 Å². The van der Waals surface area contributed by atoms with Crippen LogP contribution in [0.4, 0.5) is 5.82 Å². The van der Waals surface area contributed by atoms with Gasteiger partial charge in [0.2, 0.25) is 0 Å². The highest BCUT2D eigenvalue weighted by Crippen LogP contribution is 2.29. The Balaban J connectivity index is 2.23. The van der Waals surface area contributed by atoms with Gasteiger partial charge in [0.15, 0.2) is 0 Å². The zero-order chi connectivity index (χ0) is 12.3. The lowest BCUT2D eigenvalue weighted by Crippen LogP contribution is -2.17. The first-order valence-corrected chi connectivity index (χ1v) is 6.64. The van der Waals surface area contributed by atoms with Gasteiger partial charge in [0.05, 0.1) is 11.7 Å². The van der Waals surface area contributed by atoms with Gasteiger partial charge >= 0.3 is 0 Å². The van der Waals surface area contributed by atoms with Gasteiger partial charge in [-0.2, -0.15) is 0 Å². The summed E-state index contributed by atoms with van der Waals surface area (Å²) in [7, 11) is 0. The molecule has 0 aliphatic heterocycles. The highest BCUT2D eigenvalue weighted by molar-refractivity contribution is 7.10. The van der Waals surface area contributed by atoms with E-state index in [0.29, 0.717) is 12.0 Å². The van der Waals surface area contributed by atoms with Gasteiger partial charge in [-0.1, -0.05) is 19.9 Å². The molecule has 4 heteroatoms. The second kappa shape index (κ2) is 5.27. The standard InChI is InChI=1S/C13H17N3S/c1-9(2)12(11-5-4-8-17-11)16-13-10(3)14-6-7-15-13/h4-9,12H,1-3H3,(H,15,16). The molecule has 0 fully saturated rings. The third-order valence-corrected chi connectivity index (χ3v) is 3.65. The van der Waals surface area contributed by atoms with Crippen molar-refractivity contribution < 1.29 is 0 Å². The first kappa shape index (κ1) is 12.0. The third-order valence-electron chi connectivity index (χ3n) is 2.69. The maximum absolute atomic E-state index is 4.34. The zero-order valence-corrected chi connectivity index (χ0v) is 11.2. The molecule has 17 heavy (non-hydrogen) atoms. The first-order valence-electron chi connectivity index (χ1n) is 5.76. The van der Waals surface area contributed by atoms with E-state index in [9.17, 15) is 0 Å². The molecule has 3 nitrogen and oxygen atoms in total. The van der Waals surface area contributed by atoms with Crippen LogP contribution in [0.5, 0.6) is 0 Å². The lowest BCUT2D eigenvalue weighted by molar-refractivity contribution is 0.551. The summed E-state index contributed by atoms with van der Waals surface area (Å²) in [6.07, 6.45) is 3.44. The normalized spacial score (nSPS) is 12.7. The second-order valence-corrected chi connectivity index (χ2v) is 5.35. The van der Waals surface area contributed by atoms with Crippen molar-refractivity contribution in [2.45, 2.75) is 26.8 Å². The molecule has 0 saturated carbocycles. The Morgan fingerprint density at radius 1 is 1.24 bits per heavy atom. The van der Waals surface area contributed by atoms with Crippen molar-refractivity contribution in [1.82, 2.24) is 9.97 Å². The van der Waals surface area contributed by atoms with E-state index >= 15 is 0 Å². The number of thiophene rings is 1. The zero-order valence-electron chi connectivity index (χ0n) is 10.3. The Labute approximate surface area is 106 Å². The van der Waals surface area contributed by atoms with E-state index < -0.39 is 0 Å². The number of nitrogens with one attached hydrogen (secondary N) is 1. The molecular weight excluding hydrogens is 230 g/mol. The summed E-state index contributed by atoms with van der Waals surface area (Å²) in [5, 5.41) is 5.59. The highest BCUT2D eigenvalue weighted by atomic mass is 32.1. The monoisotopic (exact) mass is 247 g/mol. The molecule has 90 valence electrons. The highest BCUT2D eigenvalue weighted by Gasteiger charge is 2.17. The number of nitrogens with zero attached hydrogens (tertiary/aromatic N) is 2. The number of aryl methyl sites for hydroxylation is 1. The van der Waals surface area contributed by atoms with Gasteiger partial charge in [-0.3, -0.25) is 4.98 Å². The SMILES string of the molecule is Cc1nccnc1NC(c1cccs1)C(C)C. The summed E-state index contributed by atoms with van der Waals surface area (Å²) in [5.74, 6) is 1.38. The van der Waals surface area contributed by atoms with Gasteiger partial charge in [-0.05, 0) is 24.3 Å². The maximum atomic E-state index is 4.34. The van der Waals surface area contributed by atoms with E-state index in [2.05, 4.69) is 46.6 Å². The Morgan fingerprint density at radius 2 is 2.00 bits per heavy atom. The summed E-state index contributed by atoms with van der Waals surface area (Å²) in [6.45, 7) is 6.40. The lowest BCUT2D eigenvalue weighted by Gasteiger charge is -2.22. The summed E-state index contributed by atoms with van der Waals surface area (Å²) in [5.41, 5.74) is 0.940. The molecule has 1 unspecified atom stereocenters. The van der Waals surface area contributed by atoms with Crippen molar-refractivity contribution in [1.29, 1.82) is 0 Å². The Kier molecular flexibility index (Phi) is 3.74. The van der Waals surface area contributed by atoms with E-state index in [0.717, 1.165) is 11.5 Å².